The zero-order chi connectivity index (χ0) is 16.6. The monoisotopic (exact) mass is 344 g/mol. The molecule has 2 N–H and O–H groups in total. The first-order chi connectivity index (χ1) is 11.9. The molecule has 0 atom stereocenters. The van der Waals surface area contributed by atoms with Crippen molar-refractivity contribution in [1.82, 2.24) is 10.6 Å². The molecule has 0 unspecified atom stereocenters. The third kappa shape index (κ3) is 4.49. The molecule has 0 radical (unpaired) electrons. The van der Waals surface area contributed by atoms with Crippen LogP contribution in [0.15, 0.2) is 46.1 Å². The van der Waals surface area contributed by atoms with E-state index in [0.717, 1.165) is 45.4 Å². The van der Waals surface area contributed by atoms with Crippen molar-refractivity contribution in [2.75, 3.05) is 38.3 Å². The van der Waals surface area contributed by atoms with Crippen molar-refractivity contribution in [3.8, 4) is 0 Å². The van der Waals surface area contributed by atoms with Crippen molar-refractivity contribution in [3.05, 3.63) is 52.2 Å². The smallest absolute Gasteiger partial charge is 0.191 e. The minimum absolute atomic E-state index is 0.747. The van der Waals surface area contributed by atoms with E-state index in [0.29, 0.717) is 0 Å². The lowest BCUT2D eigenvalue weighted by atomic mass is 10.1. The Bertz CT molecular complexity index is 651. The standard InChI is InChI=1S/C18H24N4OS/c1-19-18(20-12-15-6-11-24-14-15)21-13-16-4-2-3-5-17(16)22-7-9-23-10-8-22/h2-6,11,14H,7-10,12-13H2,1H3,(H2,19,20,21). The Morgan fingerprint density at radius 1 is 1.17 bits per heavy atom. The van der Waals surface area contributed by atoms with E-state index in [1.54, 1.807) is 18.4 Å². The van der Waals surface area contributed by atoms with Gasteiger partial charge >= 0.3 is 0 Å². The summed E-state index contributed by atoms with van der Waals surface area (Å²) >= 11 is 1.71. The minimum atomic E-state index is 0.747. The molecule has 128 valence electrons. The second-order valence-electron chi connectivity index (χ2n) is 5.64. The quantitative estimate of drug-likeness (QED) is 0.646. The van der Waals surface area contributed by atoms with Gasteiger partial charge in [-0.1, -0.05) is 18.2 Å². The first-order valence-electron chi connectivity index (χ1n) is 8.23. The largest absolute Gasteiger partial charge is 0.378 e. The zero-order valence-corrected chi connectivity index (χ0v) is 14.8. The molecule has 5 nitrogen and oxygen atoms in total. The van der Waals surface area contributed by atoms with Gasteiger partial charge in [-0.3, -0.25) is 4.99 Å². The molecule has 1 aliphatic heterocycles. The molecule has 0 spiro atoms. The molecule has 0 saturated carbocycles. The molecule has 1 aromatic heterocycles. The molecule has 1 saturated heterocycles. The highest BCUT2D eigenvalue weighted by Gasteiger charge is 2.14. The van der Waals surface area contributed by atoms with Crippen molar-refractivity contribution in [1.29, 1.82) is 0 Å². The summed E-state index contributed by atoms with van der Waals surface area (Å²) in [5, 5.41) is 11.0. The van der Waals surface area contributed by atoms with Gasteiger partial charge in [0.15, 0.2) is 5.96 Å². The summed E-state index contributed by atoms with van der Waals surface area (Å²) in [6.07, 6.45) is 0. The molecular formula is C18H24N4OS. The summed E-state index contributed by atoms with van der Waals surface area (Å²) in [4.78, 5) is 6.70. The number of guanidine groups is 1. The molecule has 2 aromatic rings. The van der Waals surface area contributed by atoms with Gasteiger partial charge < -0.3 is 20.3 Å². The average molecular weight is 344 g/mol. The van der Waals surface area contributed by atoms with E-state index in [-0.39, 0.29) is 0 Å². The minimum Gasteiger partial charge on any atom is -0.378 e. The molecule has 2 heterocycles. The van der Waals surface area contributed by atoms with Gasteiger partial charge in [-0.05, 0) is 34.0 Å². The van der Waals surface area contributed by atoms with Crippen LogP contribution in [-0.2, 0) is 17.8 Å². The van der Waals surface area contributed by atoms with Crippen LogP contribution in [0.5, 0.6) is 0 Å². The molecule has 1 aromatic carbocycles. The molecule has 1 aliphatic rings. The molecule has 3 rings (SSSR count). The van der Waals surface area contributed by atoms with Crippen LogP contribution in [0.4, 0.5) is 5.69 Å². The Morgan fingerprint density at radius 2 is 1.96 bits per heavy atom. The number of benzene rings is 1. The summed E-state index contributed by atoms with van der Waals surface area (Å²) in [5.74, 6) is 0.818. The topological polar surface area (TPSA) is 48.9 Å². The second-order valence-corrected chi connectivity index (χ2v) is 6.42. The fourth-order valence-corrected chi connectivity index (χ4v) is 3.42. The highest BCUT2D eigenvalue weighted by atomic mass is 32.1. The normalized spacial score (nSPS) is 15.4. The number of hydrogen-bond donors (Lipinski definition) is 2. The number of aliphatic imine (C=N–C) groups is 1. The Labute approximate surface area is 147 Å². The van der Waals surface area contributed by atoms with Crippen molar-refractivity contribution in [2.24, 2.45) is 4.99 Å². The van der Waals surface area contributed by atoms with Crippen LogP contribution in [0.2, 0.25) is 0 Å². The Hall–Kier alpha value is -2.05. The SMILES string of the molecule is CN=C(NCc1ccsc1)NCc1ccccc1N1CCOCC1. The molecule has 1 fully saturated rings. The summed E-state index contributed by atoms with van der Waals surface area (Å²) in [7, 11) is 1.80. The van der Waals surface area contributed by atoms with Crippen LogP contribution in [0.25, 0.3) is 0 Å². The molecule has 0 bridgehead atoms. The van der Waals surface area contributed by atoms with Crippen LogP contribution in [0, 0.1) is 0 Å². The number of morpholine rings is 1. The van der Waals surface area contributed by atoms with Crippen molar-refractivity contribution >= 4 is 23.0 Å². The average Bonchev–Trinajstić information content (AvgIpc) is 3.16. The van der Waals surface area contributed by atoms with Crippen LogP contribution in [-0.4, -0.2) is 39.3 Å². The van der Waals surface area contributed by atoms with E-state index in [2.05, 4.69) is 61.6 Å². The number of hydrogen-bond acceptors (Lipinski definition) is 4. The van der Waals surface area contributed by atoms with E-state index in [4.69, 9.17) is 4.74 Å². The first kappa shape index (κ1) is 16.8. The number of nitrogens with zero attached hydrogens (tertiary/aromatic N) is 2. The van der Waals surface area contributed by atoms with E-state index in [1.165, 1.54) is 16.8 Å². The Balaban J connectivity index is 1.58. The van der Waals surface area contributed by atoms with Crippen molar-refractivity contribution in [3.63, 3.8) is 0 Å². The van der Waals surface area contributed by atoms with Gasteiger partial charge in [-0.15, -0.1) is 0 Å². The van der Waals surface area contributed by atoms with Gasteiger partial charge in [0, 0.05) is 38.9 Å². The summed E-state index contributed by atoms with van der Waals surface area (Å²) in [5.41, 5.74) is 3.83. The van der Waals surface area contributed by atoms with Gasteiger partial charge in [-0.25, -0.2) is 0 Å². The van der Waals surface area contributed by atoms with E-state index in [9.17, 15) is 0 Å². The number of ether oxygens (including phenoxy) is 1. The lowest BCUT2D eigenvalue weighted by Crippen LogP contribution is -2.38. The van der Waals surface area contributed by atoms with Gasteiger partial charge in [0.1, 0.15) is 0 Å². The fraction of sp³-hybridized carbons (Fsp3) is 0.389. The maximum Gasteiger partial charge on any atom is 0.191 e. The number of thiophene rings is 1. The highest BCUT2D eigenvalue weighted by molar-refractivity contribution is 7.07. The number of anilines is 1. The van der Waals surface area contributed by atoms with Gasteiger partial charge in [0.2, 0.25) is 0 Å². The maximum absolute atomic E-state index is 5.46. The number of rotatable bonds is 5. The predicted octanol–water partition coefficient (Wildman–Crippen LogP) is 2.45. The number of nitrogens with one attached hydrogen (secondary N) is 2. The van der Waals surface area contributed by atoms with E-state index in [1.807, 2.05) is 0 Å². The third-order valence-electron chi connectivity index (χ3n) is 4.05. The molecule has 24 heavy (non-hydrogen) atoms. The van der Waals surface area contributed by atoms with Crippen LogP contribution in [0.1, 0.15) is 11.1 Å². The predicted molar refractivity (Wildman–Crippen MR) is 101 cm³/mol. The third-order valence-corrected chi connectivity index (χ3v) is 4.79. The Kier molecular flexibility index (Phi) is 6.09. The maximum atomic E-state index is 5.46. The molecule has 6 heteroatoms. The summed E-state index contributed by atoms with van der Waals surface area (Å²) in [6.45, 7) is 5.02. The van der Waals surface area contributed by atoms with Gasteiger partial charge in [0.25, 0.3) is 0 Å². The second kappa shape index (κ2) is 8.70. The highest BCUT2D eigenvalue weighted by Crippen LogP contribution is 2.21. The summed E-state index contributed by atoms with van der Waals surface area (Å²) in [6, 6.07) is 10.7. The zero-order valence-electron chi connectivity index (χ0n) is 14.0. The van der Waals surface area contributed by atoms with Crippen molar-refractivity contribution < 1.29 is 4.74 Å². The molecular weight excluding hydrogens is 320 g/mol. The van der Waals surface area contributed by atoms with Crippen LogP contribution in [0.3, 0.4) is 0 Å². The lowest BCUT2D eigenvalue weighted by Gasteiger charge is -2.30. The van der Waals surface area contributed by atoms with E-state index >= 15 is 0 Å². The van der Waals surface area contributed by atoms with Crippen molar-refractivity contribution in [2.45, 2.75) is 13.1 Å². The molecule has 0 aliphatic carbocycles. The first-order valence-corrected chi connectivity index (χ1v) is 9.17. The molecule has 0 amide bonds. The Morgan fingerprint density at radius 3 is 2.71 bits per heavy atom. The summed E-state index contributed by atoms with van der Waals surface area (Å²) < 4.78 is 5.46. The number of para-hydroxylation sites is 1. The van der Waals surface area contributed by atoms with Gasteiger partial charge in [-0.2, -0.15) is 11.3 Å². The van der Waals surface area contributed by atoms with Gasteiger partial charge in [0.05, 0.1) is 13.2 Å². The van der Waals surface area contributed by atoms with E-state index < -0.39 is 0 Å². The van der Waals surface area contributed by atoms with Crippen LogP contribution >= 0.6 is 11.3 Å². The lowest BCUT2D eigenvalue weighted by molar-refractivity contribution is 0.122. The van der Waals surface area contributed by atoms with Crippen LogP contribution < -0.4 is 15.5 Å². The fourth-order valence-electron chi connectivity index (χ4n) is 2.75.